The summed E-state index contributed by atoms with van der Waals surface area (Å²) in [7, 11) is 0. The predicted octanol–water partition coefficient (Wildman–Crippen LogP) is 6.30. The molecule has 5 rings (SSSR count). The summed E-state index contributed by atoms with van der Waals surface area (Å²) in [5.74, 6) is 0.320. The van der Waals surface area contributed by atoms with E-state index >= 15 is 0 Å². The quantitative estimate of drug-likeness (QED) is 0.402. The molecule has 0 spiro atoms. The molecule has 124 valence electrons. The Kier molecular flexibility index (Phi) is 3.39. The zero-order chi connectivity index (χ0) is 17.5. The molecule has 1 N–H and O–H groups in total. The van der Waals surface area contributed by atoms with Crippen LogP contribution in [0.1, 0.15) is 11.1 Å². The fourth-order valence-electron chi connectivity index (χ4n) is 4.07. The number of hydrogen-bond acceptors (Lipinski definition) is 1. The van der Waals surface area contributed by atoms with Gasteiger partial charge in [-0.25, -0.2) is 0 Å². The summed E-state index contributed by atoms with van der Waals surface area (Å²) in [6.07, 6.45) is 0.928. The van der Waals surface area contributed by atoms with Gasteiger partial charge < -0.3 is 5.11 Å². The summed E-state index contributed by atoms with van der Waals surface area (Å²) in [6.45, 7) is 0. The Labute approximate surface area is 153 Å². The van der Waals surface area contributed by atoms with E-state index in [1.54, 1.807) is 6.07 Å². The third-order valence-electron chi connectivity index (χ3n) is 5.24. The molecule has 4 aromatic rings. The molecule has 0 saturated heterocycles. The lowest BCUT2D eigenvalue weighted by atomic mass is 9.87. The third-order valence-corrected chi connectivity index (χ3v) is 5.24. The number of phenols is 1. The largest absolute Gasteiger partial charge is 0.507 e. The van der Waals surface area contributed by atoms with Gasteiger partial charge in [0.1, 0.15) is 5.75 Å². The van der Waals surface area contributed by atoms with Gasteiger partial charge in [-0.15, -0.1) is 0 Å². The van der Waals surface area contributed by atoms with E-state index in [4.69, 9.17) is 0 Å². The molecular formula is C25H18O. The molecule has 4 aromatic carbocycles. The molecule has 0 aliphatic heterocycles. The Bertz CT molecular complexity index is 1110. The lowest BCUT2D eigenvalue weighted by molar-refractivity contribution is 0.477. The van der Waals surface area contributed by atoms with Crippen molar-refractivity contribution in [3.05, 3.63) is 102 Å². The number of rotatable bonds is 2. The highest BCUT2D eigenvalue weighted by Crippen LogP contribution is 2.47. The molecule has 26 heavy (non-hydrogen) atoms. The van der Waals surface area contributed by atoms with E-state index in [-0.39, 0.29) is 0 Å². The van der Waals surface area contributed by atoms with Gasteiger partial charge in [0.05, 0.1) is 0 Å². The van der Waals surface area contributed by atoms with Crippen molar-refractivity contribution in [3.8, 4) is 39.1 Å². The van der Waals surface area contributed by atoms with Crippen LogP contribution in [0.15, 0.2) is 91.0 Å². The summed E-state index contributed by atoms with van der Waals surface area (Å²) >= 11 is 0. The highest BCUT2D eigenvalue weighted by molar-refractivity contribution is 5.94. The summed E-state index contributed by atoms with van der Waals surface area (Å²) in [6, 6.07) is 31.1. The van der Waals surface area contributed by atoms with Crippen molar-refractivity contribution in [1.82, 2.24) is 0 Å². The Balaban J connectivity index is 1.83. The Morgan fingerprint density at radius 3 is 2.00 bits per heavy atom. The minimum atomic E-state index is 0.320. The average molecular weight is 334 g/mol. The smallest absolute Gasteiger partial charge is 0.123 e. The average Bonchev–Trinajstić information content (AvgIpc) is 3.07. The van der Waals surface area contributed by atoms with Gasteiger partial charge in [-0.05, 0) is 51.4 Å². The summed E-state index contributed by atoms with van der Waals surface area (Å²) < 4.78 is 0. The minimum absolute atomic E-state index is 0.320. The second kappa shape index (κ2) is 5.89. The fourth-order valence-corrected chi connectivity index (χ4v) is 4.07. The van der Waals surface area contributed by atoms with E-state index in [1.165, 1.54) is 33.4 Å². The van der Waals surface area contributed by atoms with Crippen molar-refractivity contribution < 1.29 is 5.11 Å². The maximum absolute atomic E-state index is 10.5. The Morgan fingerprint density at radius 1 is 0.538 bits per heavy atom. The standard InChI is InChI=1S/C25H18O/c26-24-13-7-6-12-21(24)22-15-14-20-19-11-5-4-10-18(19)16-23(20)25(22)17-8-2-1-3-9-17/h1-15,26H,16H2. The van der Waals surface area contributed by atoms with Crippen molar-refractivity contribution in [1.29, 1.82) is 0 Å². The number of phenolic OH excluding ortho intramolecular Hbond substituents is 1. The lowest BCUT2D eigenvalue weighted by Crippen LogP contribution is -1.93. The molecule has 0 unspecified atom stereocenters. The highest BCUT2D eigenvalue weighted by Gasteiger charge is 2.24. The normalized spacial score (nSPS) is 11.8. The number of benzene rings is 4. The number of para-hydroxylation sites is 1. The van der Waals surface area contributed by atoms with Crippen LogP contribution in [0.3, 0.4) is 0 Å². The first-order chi connectivity index (χ1) is 12.8. The molecule has 0 saturated carbocycles. The third kappa shape index (κ3) is 2.25. The molecule has 0 amide bonds. The SMILES string of the molecule is Oc1ccccc1-c1ccc2c(c1-c1ccccc1)Cc1ccccc1-2. The zero-order valence-electron chi connectivity index (χ0n) is 14.3. The predicted molar refractivity (Wildman–Crippen MR) is 107 cm³/mol. The van der Waals surface area contributed by atoms with E-state index in [2.05, 4.69) is 60.7 Å². The van der Waals surface area contributed by atoms with Crippen LogP contribution in [0.25, 0.3) is 33.4 Å². The first kappa shape index (κ1) is 15.0. The maximum Gasteiger partial charge on any atom is 0.123 e. The molecule has 0 fully saturated rings. The molecule has 0 heterocycles. The van der Waals surface area contributed by atoms with E-state index in [9.17, 15) is 5.11 Å². The van der Waals surface area contributed by atoms with Gasteiger partial charge in [-0.1, -0.05) is 84.9 Å². The fraction of sp³-hybridized carbons (Fsp3) is 0.0400. The van der Waals surface area contributed by atoms with E-state index in [0.29, 0.717) is 5.75 Å². The van der Waals surface area contributed by atoms with Crippen LogP contribution in [0.2, 0.25) is 0 Å². The van der Waals surface area contributed by atoms with Gasteiger partial charge in [-0.2, -0.15) is 0 Å². The number of fused-ring (bicyclic) bond motifs is 3. The summed E-state index contributed by atoms with van der Waals surface area (Å²) in [5, 5.41) is 10.5. The van der Waals surface area contributed by atoms with Crippen molar-refractivity contribution in [2.24, 2.45) is 0 Å². The van der Waals surface area contributed by atoms with Gasteiger partial charge in [0, 0.05) is 5.56 Å². The highest BCUT2D eigenvalue weighted by atomic mass is 16.3. The molecule has 1 nitrogen and oxygen atoms in total. The molecule has 1 aliphatic rings. The van der Waals surface area contributed by atoms with Crippen LogP contribution in [-0.2, 0) is 6.42 Å². The number of aromatic hydroxyl groups is 1. The topological polar surface area (TPSA) is 20.2 Å². The van der Waals surface area contributed by atoms with Gasteiger partial charge in [0.25, 0.3) is 0 Å². The molecular weight excluding hydrogens is 316 g/mol. The molecule has 0 atom stereocenters. The molecule has 0 aromatic heterocycles. The summed E-state index contributed by atoms with van der Waals surface area (Å²) in [5.41, 5.74) is 9.72. The second-order valence-electron chi connectivity index (χ2n) is 6.73. The van der Waals surface area contributed by atoms with Crippen molar-refractivity contribution in [3.63, 3.8) is 0 Å². The van der Waals surface area contributed by atoms with Crippen molar-refractivity contribution in [2.45, 2.75) is 6.42 Å². The van der Waals surface area contributed by atoms with E-state index < -0.39 is 0 Å². The van der Waals surface area contributed by atoms with Gasteiger partial charge in [-0.3, -0.25) is 0 Å². The van der Waals surface area contributed by atoms with Gasteiger partial charge in [0.2, 0.25) is 0 Å². The van der Waals surface area contributed by atoms with Gasteiger partial charge in [0.15, 0.2) is 0 Å². The molecule has 1 aliphatic carbocycles. The van der Waals surface area contributed by atoms with Crippen LogP contribution in [0.5, 0.6) is 5.75 Å². The van der Waals surface area contributed by atoms with Crippen molar-refractivity contribution in [2.75, 3.05) is 0 Å². The van der Waals surface area contributed by atoms with Crippen LogP contribution >= 0.6 is 0 Å². The lowest BCUT2D eigenvalue weighted by Gasteiger charge is -2.16. The molecule has 1 heteroatoms. The summed E-state index contributed by atoms with van der Waals surface area (Å²) in [4.78, 5) is 0. The Hall–Kier alpha value is -3.32. The van der Waals surface area contributed by atoms with Crippen LogP contribution in [0, 0.1) is 0 Å². The van der Waals surface area contributed by atoms with Gasteiger partial charge >= 0.3 is 0 Å². The minimum Gasteiger partial charge on any atom is -0.507 e. The Morgan fingerprint density at radius 2 is 1.19 bits per heavy atom. The maximum atomic E-state index is 10.5. The van der Waals surface area contributed by atoms with Crippen LogP contribution < -0.4 is 0 Å². The van der Waals surface area contributed by atoms with E-state index in [0.717, 1.165) is 17.5 Å². The molecule has 0 bridgehead atoms. The van der Waals surface area contributed by atoms with Crippen LogP contribution in [0.4, 0.5) is 0 Å². The first-order valence-electron chi connectivity index (χ1n) is 8.91. The second-order valence-corrected chi connectivity index (χ2v) is 6.73. The number of hydrogen-bond donors (Lipinski definition) is 1. The zero-order valence-corrected chi connectivity index (χ0v) is 14.3. The van der Waals surface area contributed by atoms with E-state index in [1.807, 2.05) is 24.3 Å². The molecule has 0 radical (unpaired) electrons. The van der Waals surface area contributed by atoms with Crippen LogP contribution in [-0.4, -0.2) is 5.11 Å². The monoisotopic (exact) mass is 334 g/mol. The first-order valence-corrected chi connectivity index (χ1v) is 8.91. The van der Waals surface area contributed by atoms with Crippen molar-refractivity contribution >= 4 is 0 Å².